The number of rotatable bonds is 12. The molecular formula is C31H34Cl2FN3O6S. The van der Waals surface area contributed by atoms with Crippen LogP contribution in [-0.2, 0) is 26.2 Å². The summed E-state index contributed by atoms with van der Waals surface area (Å²) in [7, 11) is -1.63. The SMILES string of the molecule is COc1ccc(S(=O)(=O)N(CC(=O)N(Cc2ccc(Cl)c(Cl)c2)[C@@H](C)C(=O)NC2CCCC2)c2ccc(F)cc2)cc1OC. The molecule has 1 aliphatic carbocycles. The molecule has 44 heavy (non-hydrogen) atoms. The van der Waals surface area contributed by atoms with E-state index in [0.29, 0.717) is 16.3 Å². The summed E-state index contributed by atoms with van der Waals surface area (Å²) >= 11 is 12.3. The Morgan fingerprint density at radius 1 is 0.955 bits per heavy atom. The smallest absolute Gasteiger partial charge is 0.264 e. The molecule has 1 saturated carbocycles. The van der Waals surface area contributed by atoms with Crippen molar-refractivity contribution in [2.45, 2.75) is 56.1 Å². The van der Waals surface area contributed by atoms with Crippen molar-refractivity contribution in [3.8, 4) is 11.5 Å². The predicted octanol–water partition coefficient (Wildman–Crippen LogP) is 5.82. The number of hydrogen-bond acceptors (Lipinski definition) is 6. The van der Waals surface area contributed by atoms with Crippen LogP contribution >= 0.6 is 23.2 Å². The third-order valence-corrected chi connectivity index (χ3v) is 10.1. The summed E-state index contributed by atoms with van der Waals surface area (Å²) in [4.78, 5) is 28.6. The highest BCUT2D eigenvalue weighted by Gasteiger charge is 2.34. The standard InChI is InChI=1S/C31H34Cl2FN3O6S/c1-20(31(39)35-23-6-4-5-7-23)36(18-21-8-14-26(32)27(33)16-21)30(38)19-37(24-11-9-22(34)10-12-24)44(40,41)25-13-15-28(42-2)29(17-25)43-3/h8-17,20,23H,4-7,18-19H2,1-3H3,(H,35,39)/t20-/m0/s1. The fraction of sp³-hybridized carbons (Fsp3) is 0.355. The van der Waals surface area contributed by atoms with Gasteiger partial charge in [-0.05, 0) is 73.9 Å². The first kappa shape index (κ1) is 33.4. The normalized spacial score (nSPS) is 14.1. The molecule has 3 aromatic rings. The fourth-order valence-corrected chi connectivity index (χ4v) is 6.80. The topological polar surface area (TPSA) is 105 Å². The van der Waals surface area contributed by atoms with Crippen molar-refractivity contribution in [2.24, 2.45) is 0 Å². The minimum Gasteiger partial charge on any atom is -0.493 e. The van der Waals surface area contributed by atoms with E-state index < -0.39 is 34.3 Å². The van der Waals surface area contributed by atoms with E-state index in [1.807, 2.05) is 0 Å². The van der Waals surface area contributed by atoms with E-state index >= 15 is 0 Å². The Morgan fingerprint density at radius 2 is 1.61 bits per heavy atom. The van der Waals surface area contributed by atoms with Crippen LogP contribution in [-0.4, -0.2) is 58.0 Å². The summed E-state index contributed by atoms with van der Waals surface area (Å²) in [5.74, 6) is -1.13. The van der Waals surface area contributed by atoms with Gasteiger partial charge >= 0.3 is 0 Å². The number of sulfonamides is 1. The molecule has 0 spiro atoms. The molecule has 4 rings (SSSR count). The quantitative estimate of drug-likeness (QED) is 0.261. The van der Waals surface area contributed by atoms with Crippen LogP contribution in [0.1, 0.15) is 38.2 Å². The zero-order chi connectivity index (χ0) is 32.0. The highest BCUT2D eigenvalue weighted by atomic mass is 35.5. The Morgan fingerprint density at radius 3 is 2.23 bits per heavy atom. The first-order chi connectivity index (χ1) is 20.9. The Kier molecular flexibility index (Phi) is 11.0. The molecule has 0 saturated heterocycles. The molecule has 0 bridgehead atoms. The lowest BCUT2D eigenvalue weighted by Gasteiger charge is -2.32. The lowest BCUT2D eigenvalue weighted by molar-refractivity contribution is -0.139. The van der Waals surface area contributed by atoms with Crippen molar-refractivity contribution >= 4 is 50.7 Å². The minimum absolute atomic E-state index is 0.00743. The minimum atomic E-state index is -4.41. The van der Waals surface area contributed by atoms with Gasteiger partial charge in [0, 0.05) is 18.7 Å². The summed E-state index contributed by atoms with van der Waals surface area (Å²) in [6.45, 7) is 0.845. The number of carbonyl (C=O) groups excluding carboxylic acids is 2. The monoisotopic (exact) mass is 665 g/mol. The van der Waals surface area contributed by atoms with Gasteiger partial charge < -0.3 is 19.7 Å². The van der Waals surface area contributed by atoms with E-state index in [4.69, 9.17) is 32.7 Å². The van der Waals surface area contributed by atoms with Crippen molar-refractivity contribution in [3.05, 3.63) is 82.1 Å². The zero-order valence-corrected chi connectivity index (χ0v) is 26.9. The molecule has 1 N–H and O–H groups in total. The van der Waals surface area contributed by atoms with Crippen LogP contribution in [0.5, 0.6) is 11.5 Å². The molecule has 236 valence electrons. The van der Waals surface area contributed by atoms with Crippen molar-refractivity contribution in [1.82, 2.24) is 10.2 Å². The van der Waals surface area contributed by atoms with Crippen LogP contribution in [0.3, 0.4) is 0 Å². The largest absolute Gasteiger partial charge is 0.493 e. The fourth-order valence-electron chi connectivity index (χ4n) is 5.05. The Labute approximate surface area is 266 Å². The van der Waals surface area contributed by atoms with Gasteiger partial charge in [0.2, 0.25) is 11.8 Å². The lowest BCUT2D eigenvalue weighted by atomic mass is 10.1. The van der Waals surface area contributed by atoms with Gasteiger partial charge in [-0.25, -0.2) is 12.8 Å². The summed E-state index contributed by atoms with van der Waals surface area (Å²) in [6, 6.07) is 12.6. The van der Waals surface area contributed by atoms with E-state index in [-0.39, 0.29) is 39.8 Å². The maximum absolute atomic E-state index is 14.1. The summed E-state index contributed by atoms with van der Waals surface area (Å²) in [5, 5.41) is 3.60. The van der Waals surface area contributed by atoms with Gasteiger partial charge in [0.05, 0.1) is 34.8 Å². The first-order valence-corrected chi connectivity index (χ1v) is 16.2. The number of methoxy groups -OCH3 is 2. The van der Waals surface area contributed by atoms with Crippen LogP contribution in [0.4, 0.5) is 10.1 Å². The van der Waals surface area contributed by atoms with Gasteiger partial charge in [0.1, 0.15) is 18.4 Å². The second kappa shape index (κ2) is 14.5. The third kappa shape index (κ3) is 7.75. The van der Waals surface area contributed by atoms with Crippen LogP contribution in [0.25, 0.3) is 0 Å². The Balaban J connectivity index is 1.72. The lowest BCUT2D eigenvalue weighted by Crippen LogP contribution is -2.52. The van der Waals surface area contributed by atoms with Crippen molar-refractivity contribution < 1.29 is 31.9 Å². The molecule has 0 unspecified atom stereocenters. The molecule has 13 heteroatoms. The van der Waals surface area contributed by atoms with Crippen LogP contribution in [0.2, 0.25) is 10.0 Å². The molecule has 3 aromatic carbocycles. The molecule has 1 aliphatic rings. The highest BCUT2D eigenvalue weighted by Crippen LogP contribution is 2.33. The summed E-state index contributed by atoms with van der Waals surface area (Å²) in [6.07, 6.45) is 3.71. The van der Waals surface area contributed by atoms with Crippen LogP contribution in [0, 0.1) is 5.82 Å². The van der Waals surface area contributed by atoms with Gasteiger partial charge in [-0.15, -0.1) is 0 Å². The molecule has 0 aliphatic heterocycles. The summed E-state index contributed by atoms with van der Waals surface area (Å²) in [5.41, 5.74) is 0.636. The predicted molar refractivity (Wildman–Crippen MR) is 167 cm³/mol. The van der Waals surface area contributed by atoms with Crippen molar-refractivity contribution in [3.63, 3.8) is 0 Å². The van der Waals surface area contributed by atoms with E-state index in [2.05, 4.69) is 5.32 Å². The third-order valence-electron chi connectivity index (χ3n) is 7.54. The number of nitrogens with one attached hydrogen (secondary N) is 1. The molecule has 2 amide bonds. The second-order valence-corrected chi connectivity index (χ2v) is 13.1. The van der Waals surface area contributed by atoms with E-state index in [0.717, 1.165) is 42.1 Å². The Hall–Kier alpha value is -3.54. The zero-order valence-electron chi connectivity index (χ0n) is 24.6. The number of anilines is 1. The first-order valence-electron chi connectivity index (χ1n) is 14.0. The number of hydrogen-bond donors (Lipinski definition) is 1. The number of benzene rings is 3. The van der Waals surface area contributed by atoms with E-state index in [1.54, 1.807) is 25.1 Å². The number of amides is 2. The molecule has 0 heterocycles. The van der Waals surface area contributed by atoms with Crippen molar-refractivity contribution in [2.75, 3.05) is 25.1 Å². The van der Waals surface area contributed by atoms with Gasteiger partial charge in [0.15, 0.2) is 11.5 Å². The number of halogens is 3. The van der Waals surface area contributed by atoms with Gasteiger partial charge in [0.25, 0.3) is 10.0 Å². The molecule has 9 nitrogen and oxygen atoms in total. The van der Waals surface area contributed by atoms with E-state index in [9.17, 15) is 22.4 Å². The second-order valence-electron chi connectivity index (χ2n) is 10.4. The van der Waals surface area contributed by atoms with Crippen LogP contribution < -0.4 is 19.1 Å². The molecule has 1 atom stereocenters. The van der Waals surface area contributed by atoms with E-state index in [1.165, 1.54) is 49.5 Å². The van der Waals surface area contributed by atoms with Gasteiger partial charge in [-0.3, -0.25) is 13.9 Å². The highest BCUT2D eigenvalue weighted by molar-refractivity contribution is 7.92. The molecule has 0 radical (unpaired) electrons. The average molecular weight is 667 g/mol. The maximum Gasteiger partial charge on any atom is 0.264 e. The number of nitrogens with zero attached hydrogens (tertiary/aromatic N) is 2. The molecular weight excluding hydrogens is 632 g/mol. The van der Waals surface area contributed by atoms with Gasteiger partial charge in [-0.2, -0.15) is 0 Å². The van der Waals surface area contributed by atoms with Crippen molar-refractivity contribution in [1.29, 1.82) is 0 Å². The Bertz CT molecular complexity index is 1600. The maximum atomic E-state index is 14.1. The number of ether oxygens (including phenoxy) is 2. The van der Waals surface area contributed by atoms with Crippen LogP contribution in [0.15, 0.2) is 65.6 Å². The molecule has 0 aromatic heterocycles. The molecule has 1 fully saturated rings. The number of carbonyl (C=O) groups is 2. The average Bonchev–Trinajstić information content (AvgIpc) is 3.53. The van der Waals surface area contributed by atoms with Gasteiger partial charge in [-0.1, -0.05) is 42.1 Å². The summed E-state index contributed by atoms with van der Waals surface area (Å²) < 4.78 is 53.4.